The summed E-state index contributed by atoms with van der Waals surface area (Å²) in [6.07, 6.45) is 0.611. The minimum atomic E-state index is -4.67. The van der Waals surface area contributed by atoms with Gasteiger partial charge >= 0.3 is 17.5 Å². The summed E-state index contributed by atoms with van der Waals surface area (Å²) in [6, 6.07) is -0.582. The van der Waals surface area contributed by atoms with Crippen molar-refractivity contribution in [1.82, 2.24) is 0 Å². The highest BCUT2D eigenvalue weighted by atomic mass is 28.5. The maximum atomic E-state index is 13.3. The van der Waals surface area contributed by atoms with Gasteiger partial charge in [0.25, 0.3) is 0 Å². The molecule has 0 atom stereocenters. The predicted octanol–water partition coefficient (Wildman–Crippen LogP) is 4.50. The third-order valence-corrected chi connectivity index (χ3v) is 9.84. The fourth-order valence-corrected chi connectivity index (χ4v) is 6.95. The Morgan fingerprint density at radius 3 is 1.36 bits per heavy atom. The molecule has 0 amide bonds. The maximum absolute atomic E-state index is 13.3. The first-order valence-corrected chi connectivity index (χ1v) is 9.11. The van der Waals surface area contributed by atoms with Gasteiger partial charge in [0.05, 0.1) is 5.16 Å². The van der Waals surface area contributed by atoms with Crippen LogP contribution in [0.2, 0.25) is 17.3 Å². The lowest BCUT2D eigenvalue weighted by Crippen LogP contribution is -2.43. The van der Waals surface area contributed by atoms with Crippen LogP contribution in [0.25, 0.3) is 0 Å². The molecule has 0 aliphatic rings. The first-order chi connectivity index (χ1) is 6.28. The zero-order chi connectivity index (χ0) is 11.4. The van der Waals surface area contributed by atoms with Gasteiger partial charge in [0.15, 0.2) is 0 Å². The Bertz CT molecular complexity index is 155. The summed E-state index contributed by atoms with van der Waals surface area (Å²) < 4.78 is 53.3. The van der Waals surface area contributed by atoms with Crippen LogP contribution in [0.4, 0.5) is 16.4 Å². The monoisotopic (exact) mass is 246 g/mol. The fourth-order valence-electron chi connectivity index (χ4n) is 1.41. The molecule has 0 aliphatic carbocycles. The molecular weight excluding hydrogens is 228 g/mol. The lowest BCUT2D eigenvalue weighted by Gasteiger charge is -2.25. The van der Waals surface area contributed by atoms with Gasteiger partial charge in [-0.25, -0.2) is 0 Å². The van der Waals surface area contributed by atoms with Crippen LogP contribution in [0, 0.1) is 0 Å². The van der Waals surface area contributed by atoms with Crippen molar-refractivity contribution in [3.63, 3.8) is 0 Å². The molecule has 0 aromatic carbocycles. The lowest BCUT2D eigenvalue weighted by molar-refractivity contribution is 0.519. The molecule has 0 spiro atoms. The molecular formula is C8H18F4Si2. The van der Waals surface area contributed by atoms with E-state index in [2.05, 4.69) is 0 Å². The molecule has 0 aromatic rings. The molecule has 86 valence electrons. The quantitative estimate of drug-likeness (QED) is 0.368. The fraction of sp³-hybridized carbons (Fsp3) is 1.00. The number of halogens is 4. The van der Waals surface area contributed by atoms with Crippen molar-refractivity contribution >= 4 is 17.5 Å². The normalized spacial score (nSPS) is 13.7. The molecule has 0 nitrogen and oxygen atoms in total. The van der Waals surface area contributed by atoms with E-state index in [-0.39, 0.29) is 12.1 Å². The molecule has 0 saturated heterocycles. The van der Waals surface area contributed by atoms with Crippen LogP contribution in [0.5, 0.6) is 0 Å². The summed E-state index contributed by atoms with van der Waals surface area (Å²) in [7, 11) is -9.34. The summed E-state index contributed by atoms with van der Waals surface area (Å²) in [6.45, 7) is 4.30. The van der Waals surface area contributed by atoms with Crippen LogP contribution >= 0.6 is 0 Å². The van der Waals surface area contributed by atoms with Gasteiger partial charge in [-0.1, -0.05) is 33.6 Å². The Kier molecular flexibility index (Phi) is 5.35. The zero-order valence-electron chi connectivity index (χ0n) is 8.92. The van der Waals surface area contributed by atoms with E-state index in [1.54, 1.807) is 13.8 Å². The molecule has 0 radical (unpaired) electrons. The first-order valence-electron chi connectivity index (χ1n) is 5.03. The molecule has 0 heterocycles. The Hall–Kier alpha value is 0.154. The summed E-state index contributed by atoms with van der Waals surface area (Å²) in [5.41, 5.74) is 0. The molecule has 6 heteroatoms. The van der Waals surface area contributed by atoms with Crippen LogP contribution in [0.3, 0.4) is 0 Å². The van der Waals surface area contributed by atoms with E-state index < -0.39 is 22.6 Å². The third-order valence-electron chi connectivity index (χ3n) is 2.43. The molecule has 0 saturated carbocycles. The Morgan fingerprint density at radius 2 is 1.14 bits per heavy atom. The van der Waals surface area contributed by atoms with Gasteiger partial charge in [-0.3, -0.25) is 16.4 Å². The second-order valence-electron chi connectivity index (χ2n) is 3.74. The maximum Gasteiger partial charge on any atom is 0.430 e. The number of hydrogen-bond acceptors (Lipinski definition) is 0. The van der Waals surface area contributed by atoms with Crippen molar-refractivity contribution in [2.45, 2.75) is 50.9 Å². The lowest BCUT2D eigenvalue weighted by atomic mass is 10.6. The molecule has 14 heavy (non-hydrogen) atoms. The number of rotatable bonds is 6. The summed E-state index contributed by atoms with van der Waals surface area (Å²) >= 11 is 0. The van der Waals surface area contributed by atoms with Gasteiger partial charge in [-0.15, -0.1) is 0 Å². The summed E-state index contributed by atoms with van der Waals surface area (Å²) in [5.74, 6) is 0. The Morgan fingerprint density at radius 1 is 0.857 bits per heavy atom. The van der Waals surface area contributed by atoms with E-state index in [0.717, 1.165) is 6.92 Å². The minimum absolute atomic E-state index is 0.291. The smallest absolute Gasteiger partial charge is 0.270 e. The van der Waals surface area contributed by atoms with Gasteiger partial charge in [-0.05, 0) is 12.1 Å². The molecule has 0 aromatic heterocycles. The van der Waals surface area contributed by atoms with Crippen LogP contribution < -0.4 is 0 Å². The summed E-state index contributed by atoms with van der Waals surface area (Å²) in [5, 5.41) is -1.59. The van der Waals surface area contributed by atoms with Gasteiger partial charge in [-0.2, -0.15) is 0 Å². The highest BCUT2D eigenvalue weighted by molar-refractivity contribution is 6.87. The van der Waals surface area contributed by atoms with Crippen LogP contribution in [0.15, 0.2) is 0 Å². The van der Waals surface area contributed by atoms with Crippen LogP contribution in [-0.4, -0.2) is 17.5 Å². The van der Waals surface area contributed by atoms with E-state index in [1.807, 2.05) is 0 Å². The first kappa shape index (κ1) is 14.2. The van der Waals surface area contributed by atoms with Gasteiger partial charge in [0.2, 0.25) is 0 Å². The van der Waals surface area contributed by atoms with Crippen LogP contribution in [0.1, 0.15) is 33.6 Å². The van der Waals surface area contributed by atoms with Crippen molar-refractivity contribution in [3.05, 3.63) is 0 Å². The molecule has 0 N–H and O–H groups in total. The van der Waals surface area contributed by atoms with Crippen molar-refractivity contribution in [1.29, 1.82) is 0 Å². The molecule has 0 fully saturated rings. The molecule has 0 rings (SSSR count). The third kappa shape index (κ3) is 3.72. The average Bonchev–Trinajstić information content (AvgIpc) is 2.02. The second kappa shape index (κ2) is 5.30. The van der Waals surface area contributed by atoms with E-state index in [1.165, 1.54) is 0 Å². The Balaban J connectivity index is 4.49. The number of hydrogen-bond donors (Lipinski definition) is 0. The minimum Gasteiger partial charge on any atom is -0.270 e. The Labute approximate surface area is 85.4 Å². The van der Waals surface area contributed by atoms with E-state index >= 15 is 0 Å². The van der Waals surface area contributed by atoms with Crippen molar-refractivity contribution in [2.24, 2.45) is 0 Å². The van der Waals surface area contributed by atoms with E-state index in [0.29, 0.717) is 12.8 Å². The van der Waals surface area contributed by atoms with E-state index in [4.69, 9.17) is 0 Å². The SMILES string of the molecule is CCC[Si](F)(F)C(C)[Si](F)(F)CCC. The van der Waals surface area contributed by atoms with Gasteiger partial charge in [0.1, 0.15) is 0 Å². The van der Waals surface area contributed by atoms with Gasteiger partial charge < -0.3 is 0 Å². The topological polar surface area (TPSA) is 0 Å². The standard InChI is InChI=1S/C8H18F4Si2/c1-4-6-13(9,10)8(3)14(11,12)7-5-2/h8H,4-7H2,1-3H3. The van der Waals surface area contributed by atoms with E-state index in [9.17, 15) is 16.4 Å². The predicted molar refractivity (Wildman–Crippen MR) is 55.6 cm³/mol. The zero-order valence-corrected chi connectivity index (χ0v) is 10.9. The van der Waals surface area contributed by atoms with Crippen molar-refractivity contribution < 1.29 is 16.4 Å². The molecule has 0 aliphatic heterocycles. The van der Waals surface area contributed by atoms with Crippen LogP contribution in [-0.2, 0) is 0 Å². The van der Waals surface area contributed by atoms with Crippen molar-refractivity contribution in [3.8, 4) is 0 Å². The second-order valence-corrected chi connectivity index (χ2v) is 10.1. The van der Waals surface area contributed by atoms with Gasteiger partial charge in [0, 0.05) is 0 Å². The summed E-state index contributed by atoms with van der Waals surface area (Å²) in [4.78, 5) is 0. The highest BCUT2D eigenvalue weighted by Crippen LogP contribution is 2.40. The highest BCUT2D eigenvalue weighted by Gasteiger charge is 2.56. The average molecular weight is 246 g/mol. The largest absolute Gasteiger partial charge is 0.430 e. The molecule has 0 bridgehead atoms. The molecule has 0 unspecified atom stereocenters. The van der Waals surface area contributed by atoms with Crippen molar-refractivity contribution in [2.75, 3.05) is 0 Å².